The summed E-state index contributed by atoms with van der Waals surface area (Å²) in [6.45, 7) is 2.51. The van der Waals surface area contributed by atoms with Crippen LogP contribution in [0.3, 0.4) is 0 Å². The van der Waals surface area contributed by atoms with Crippen molar-refractivity contribution in [2.75, 3.05) is 18.4 Å². The molecule has 0 aliphatic carbocycles. The number of benzene rings is 2. The Kier molecular flexibility index (Phi) is 4.37. The first-order valence-electron chi connectivity index (χ1n) is 9.79. The van der Waals surface area contributed by atoms with Crippen molar-refractivity contribution in [2.45, 2.75) is 25.0 Å². The second-order valence-electron chi connectivity index (χ2n) is 7.47. The third kappa shape index (κ3) is 3.18. The number of nitrogens with zero attached hydrogens (tertiary/aromatic N) is 1. The Morgan fingerprint density at radius 3 is 2.82 bits per heavy atom. The van der Waals surface area contributed by atoms with E-state index in [0.29, 0.717) is 24.3 Å². The highest BCUT2D eigenvalue weighted by Crippen LogP contribution is 2.39. The number of anilines is 1. The maximum Gasteiger partial charge on any atom is 0.258 e. The van der Waals surface area contributed by atoms with E-state index < -0.39 is 0 Å². The molecule has 1 fully saturated rings. The standard InChI is InChI=1S/C23H23N3O2/c27-23-13-18(28-15-16-4-2-1-3-5-16)9-11-26(23)17-6-7-19-20-14-24-10-8-21(20)25-22(19)12-17/h1-7,9,11-13,20-21,24-25H,8,10,14-15H2. The number of fused-ring (bicyclic) bond motifs is 3. The van der Waals surface area contributed by atoms with Gasteiger partial charge in [0.05, 0.1) is 5.69 Å². The fourth-order valence-electron chi connectivity index (χ4n) is 4.21. The number of hydrogen-bond acceptors (Lipinski definition) is 4. The van der Waals surface area contributed by atoms with Crippen molar-refractivity contribution in [1.82, 2.24) is 9.88 Å². The monoisotopic (exact) mass is 373 g/mol. The molecule has 0 amide bonds. The van der Waals surface area contributed by atoms with Crippen LogP contribution < -0.4 is 20.9 Å². The molecule has 0 radical (unpaired) electrons. The maximum atomic E-state index is 12.7. The normalized spacial score (nSPS) is 20.1. The summed E-state index contributed by atoms with van der Waals surface area (Å²) in [6.07, 6.45) is 2.91. The van der Waals surface area contributed by atoms with Gasteiger partial charge in [0.15, 0.2) is 0 Å². The minimum atomic E-state index is -0.0948. The van der Waals surface area contributed by atoms with E-state index in [2.05, 4.69) is 22.8 Å². The number of piperidine rings is 1. The van der Waals surface area contributed by atoms with Crippen LogP contribution in [0.1, 0.15) is 23.5 Å². The Bertz CT molecular complexity index is 1050. The molecular weight excluding hydrogens is 350 g/mol. The van der Waals surface area contributed by atoms with Gasteiger partial charge >= 0.3 is 0 Å². The second kappa shape index (κ2) is 7.17. The molecule has 142 valence electrons. The Labute approximate surface area is 164 Å². The zero-order valence-electron chi connectivity index (χ0n) is 15.6. The third-order valence-corrected chi connectivity index (χ3v) is 5.68. The minimum Gasteiger partial charge on any atom is -0.489 e. The molecule has 2 N–H and O–H groups in total. The highest BCUT2D eigenvalue weighted by Gasteiger charge is 2.33. The number of pyridine rings is 1. The lowest BCUT2D eigenvalue weighted by atomic mass is 9.90. The van der Waals surface area contributed by atoms with Crippen molar-refractivity contribution >= 4 is 5.69 Å². The van der Waals surface area contributed by atoms with Crippen LogP contribution in [-0.4, -0.2) is 23.7 Å². The SMILES string of the molecule is O=c1cc(OCc2ccccc2)ccn1-c1ccc2c(c1)NC1CCNCC21. The van der Waals surface area contributed by atoms with E-state index in [0.717, 1.165) is 36.4 Å². The first-order chi connectivity index (χ1) is 13.8. The van der Waals surface area contributed by atoms with Gasteiger partial charge in [0.25, 0.3) is 5.56 Å². The summed E-state index contributed by atoms with van der Waals surface area (Å²) in [5, 5.41) is 7.11. The van der Waals surface area contributed by atoms with Gasteiger partial charge < -0.3 is 15.4 Å². The molecule has 2 aromatic carbocycles. The summed E-state index contributed by atoms with van der Waals surface area (Å²) < 4.78 is 7.43. The van der Waals surface area contributed by atoms with E-state index in [1.807, 2.05) is 42.5 Å². The number of nitrogens with one attached hydrogen (secondary N) is 2. The number of hydrogen-bond donors (Lipinski definition) is 2. The Morgan fingerprint density at radius 1 is 1.07 bits per heavy atom. The van der Waals surface area contributed by atoms with Gasteiger partial charge in [0, 0.05) is 36.5 Å². The topological polar surface area (TPSA) is 55.3 Å². The quantitative estimate of drug-likeness (QED) is 0.737. The predicted molar refractivity (Wildman–Crippen MR) is 110 cm³/mol. The van der Waals surface area contributed by atoms with Crippen LogP contribution in [0.15, 0.2) is 71.7 Å². The highest BCUT2D eigenvalue weighted by molar-refractivity contribution is 5.64. The number of aromatic nitrogens is 1. The maximum absolute atomic E-state index is 12.7. The van der Waals surface area contributed by atoms with Crippen molar-refractivity contribution < 1.29 is 4.74 Å². The van der Waals surface area contributed by atoms with Gasteiger partial charge in [0.1, 0.15) is 12.4 Å². The fraction of sp³-hybridized carbons (Fsp3) is 0.261. The average molecular weight is 373 g/mol. The van der Waals surface area contributed by atoms with E-state index in [9.17, 15) is 4.79 Å². The van der Waals surface area contributed by atoms with Crippen LogP contribution >= 0.6 is 0 Å². The van der Waals surface area contributed by atoms with Gasteiger partial charge in [-0.05, 0) is 42.3 Å². The average Bonchev–Trinajstić information content (AvgIpc) is 3.11. The Morgan fingerprint density at radius 2 is 1.96 bits per heavy atom. The van der Waals surface area contributed by atoms with Crippen LogP contribution in [0, 0.1) is 0 Å². The lowest BCUT2D eigenvalue weighted by molar-refractivity contribution is 0.305. The molecule has 2 aliphatic heterocycles. The smallest absolute Gasteiger partial charge is 0.258 e. The molecule has 2 unspecified atom stereocenters. The van der Waals surface area contributed by atoms with Crippen molar-refractivity contribution in [3.05, 3.63) is 88.3 Å². The van der Waals surface area contributed by atoms with Crippen molar-refractivity contribution in [2.24, 2.45) is 0 Å². The van der Waals surface area contributed by atoms with Crippen LogP contribution in [0.5, 0.6) is 5.75 Å². The molecule has 5 heteroatoms. The molecule has 2 aliphatic rings. The van der Waals surface area contributed by atoms with E-state index in [-0.39, 0.29) is 5.56 Å². The van der Waals surface area contributed by atoms with Crippen LogP contribution in [0.2, 0.25) is 0 Å². The molecule has 28 heavy (non-hydrogen) atoms. The fourth-order valence-corrected chi connectivity index (χ4v) is 4.21. The molecule has 0 saturated carbocycles. The van der Waals surface area contributed by atoms with Gasteiger partial charge in [-0.3, -0.25) is 9.36 Å². The summed E-state index contributed by atoms with van der Waals surface area (Å²) >= 11 is 0. The number of rotatable bonds is 4. The van der Waals surface area contributed by atoms with Gasteiger partial charge in [0.2, 0.25) is 0 Å². The molecule has 5 rings (SSSR count). The van der Waals surface area contributed by atoms with Crippen molar-refractivity contribution in [3.8, 4) is 11.4 Å². The van der Waals surface area contributed by atoms with Crippen LogP contribution in [0.4, 0.5) is 5.69 Å². The highest BCUT2D eigenvalue weighted by atomic mass is 16.5. The molecule has 0 spiro atoms. The second-order valence-corrected chi connectivity index (χ2v) is 7.47. The van der Waals surface area contributed by atoms with Crippen molar-refractivity contribution in [3.63, 3.8) is 0 Å². The third-order valence-electron chi connectivity index (χ3n) is 5.68. The van der Waals surface area contributed by atoms with E-state index in [4.69, 9.17) is 4.74 Å². The first kappa shape index (κ1) is 17.1. The largest absolute Gasteiger partial charge is 0.489 e. The first-order valence-corrected chi connectivity index (χ1v) is 9.79. The minimum absolute atomic E-state index is 0.0948. The lowest BCUT2D eigenvalue weighted by Crippen LogP contribution is -2.38. The molecule has 5 nitrogen and oxygen atoms in total. The summed E-state index contributed by atoms with van der Waals surface area (Å²) in [5.74, 6) is 1.10. The molecule has 1 aromatic heterocycles. The molecular formula is C23H23N3O2. The summed E-state index contributed by atoms with van der Waals surface area (Å²) in [4.78, 5) is 12.7. The Balaban J connectivity index is 1.36. The molecule has 1 saturated heterocycles. The van der Waals surface area contributed by atoms with Crippen LogP contribution in [0.25, 0.3) is 5.69 Å². The zero-order valence-corrected chi connectivity index (χ0v) is 15.6. The lowest BCUT2D eigenvalue weighted by Gasteiger charge is -2.26. The summed E-state index contributed by atoms with van der Waals surface area (Å²) in [5.41, 5.74) is 4.34. The van der Waals surface area contributed by atoms with Gasteiger partial charge in [-0.2, -0.15) is 0 Å². The van der Waals surface area contributed by atoms with E-state index in [1.165, 1.54) is 5.56 Å². The molecule has 0 bridgehead atoms. The van der Waals surface area contributed by atoms with Crippen LogP contribution in [-0.2, 0) is 6.61 Å². The van der Waals surface area contributed by atoms with E-state index >= 15 is 0 Å². The molecule has 3 aromatic rings. The van der Waals surface area contributed by atoms with E-state index in [1.54, 1.807) is 16.8 Å². The van der Waals surface area contributed by atoms with Gasteiger partial charge in [-0.1, -0.05) is 36.4 Å². The molecule has 3 heterocycles. The summed E-state index contributed by atoms with van der Waals surface area (Å²) in [6, 6.07) is 20.1. The predicted octanol–water partition coefficient (Wildman–Crippen LogP) is 3.29. The summed E-state index contributed by atoms with van der Waals surface area (Å²) in [7, 11) is 0. The number of ether oxygens (including phenoxy) is 1. The van der Waals surface area contributed by atoms with Gasteiger partial charge in [-0.25, -0.2) is 0 Å². The molecule has 2 atom stereocenters. The van der Waals surface area contributed by atoms with Gasteiger partial charge in [-0.15, -0.1) is 0 Å². The zero-order chi connectivity index (χ0) is 18.9. The Hall–Kier alpha value is -3.05. The van der Waals surface area contributed by atoms with Crippen molar-refractivity contribution in [1.29, 1.82) is 0 Å².